The molecule has 0 fully saturated rings. The number of para-hydroxylation sites is 1. The van der Waals surface area contributed by atoms with Crippen LogP contribution in [0.5, 0.6) is 0 Å². The number of benzene rings is 2. The molecular weight excluding hydrogens is 366 g/mol. The Morgan fingerprint density at radius 1 is 1.22 bits per heavy atom. The van der Waals surface area contributed by atoms with Gasteiger partial charge in [-0.1, -0.05) is 34.9 Å². The van der Waals surface area contributed by atoms with Crippen LogP contribution in [0.25, 0.3) is 27.0 Å². The van der Waals surface area contributed by atoms with Crippen molar-refractivity contribution in [2.75, 3.05) is 14.1 Å². The van der Waals surface area contributed by atoms with Crippen LogP contribution in [0, 0.1) is 0 Å². The van der Waals surface area contributed by atoms with Crippen molar-refractivity contribution < 1.29 is 4.79 Å². The number of nitrogens with zero attached hydrogens (tertiary/aromatic N) is 5. The van der Waals surface area contributed by atoms with E-state index in [-0.39, 0.29) is 29.1 Å². The number of carbonyl (C=O) groups excluding carboxylic acids is 1. The van der Waals surface area contributed by atoms with Gasteiger partial charge in [0, 0.05) is 40.7 Å². The van der Waals surface area contributed by atoms with Gasteiger partial charge in [-0.3, -0.25) is 9.59 Å². The summed E-state index contributed by atoms with van der Waals surface area (Å²) in [6, 6.07) is 14.1. The molecule has 0 atom stereocenters. The highest BCUT2D eigenvalue weighted by molar-refractivity contribution is 6.31. The summed E-state index contributed by atoms with van der Waals surface area (Å²) in [4.78, 5) is 30.2. The number of azide groups is 1. The quantitative estimate of drug-likeness (QED) is 0.385. The van der Waals surface area contributed by atoms with Crippen molar-refractivity contribution in [1.82, 2.24) is 9.47 Å². The van der Waals surface area contributed by atoms with Crippen molar-refractivity contribution in [1.29, 1.82) is 0 Å². The predicted octanol–water partition coefficient (Wildman–Crippen LogP) is 4.16. The number of pyridine rings is 1. The third kappa shape index (κ3) is 3.38. The smallest absolute Gasteiger partial charge is 0.270 e. The SMILES string of the molecule is CN(C)C(=O)c1c(CN=[N+]=[N-])c(=O)c2ccc(Cl)cc2n1-c1ccccc1. The lowest BCUT2D eigenvalue weighted by Gasteiger charge is -2.22. The van der Waals surface area contributed by atoms with E-state index in [4.69, 9.17) is 17.1 Å². The van der Waals surface area contributed by atoms with Gasteiger partial charge >= 0.3 is 0 Å². The van der Waals surface area contributed by atoms with Gasteiger partial charge in [0.2, 0.25) is 0 Å². The van der Waals surface area contributed by atoms with E-state index < -0.39 is 0 Å². The molecule has 0 aliphatic carbocycles. The van der Waals surface area contributed by atoms with Gasteiger partial charge in [-0.15, -0.1) is 0 Å². The van der Waals surface area contributed by atoms with Gasteiger partial charge in [-0.05, 0) is 35.9 Å². The van der Waals surface area contributed by atoms with Crippen LogP contribution in [-0.2, 0) is 6.54 Å². The molecular formula is C19H16ClN5O2. The lowest BCUT2D eigenvalue weighted by molar-refractivity contribution is 0.0818. The molecule has 1 amide bonds. The molecule has 1 aromatic heterocycles. The largest absolute Gasteiger partial charge is 0.343 e. The molecule has 136 valence electrons. The highest BCUT2D eigenvalue weighted by Crippen LogP contribution is 2.25. The fraction of sp³-hybridized carbons (Fsp3) is 0.158. The zero-order valence-corrected chi connectivity index (χ0v) is 15.5. The number of carbonyl (C=O) groups is 1. The van der Waals surface area contributed by atoms with Gasteiger partial charge in [0.25, 0.3) is 5.91 Å². The summed E-state index contributed by atoms with van der Waals surface area (Å²) in [6.07, 6.45) is 0. The molecule has 27 heavy (non-hydrogen) atoms. The average Bonchev–Trinajstić information content (AvgIpc) is 2.66. The Morgan fingerprint density at radius 3 is 2.56 bits per heavy atom. The van der Waals surface area contributed by atoms with Gasteiger partial charge in [-0.25, -0.2) is 0 Å². The van der Waals surface area contributed by atoms with Crippen molar-refractivity contribution in [3.63, 3.8) is 0 Å². The van der Waals surface area contributed by atoms with E-state index in [0.717, 1.165) is 0 Å². The Kier molecular flexibility index (Phi) is 5.16. The maximum absolute atomic E-state index is 13.1. The molecule has 7 nitrogen and oxygen atoms in total. The lowest BCUT2D eigenvalue weighted by atomic mass is 10.1. The van der Waals surface area contributed by atoms with Crippen LogP contribution < -0.4 is 5.43 Å². The van der Waals surface area contributed by atoms with Gasteiger partial charge in [-0.2, -0.15) is 0 Å². The normalized spacial score (nSPS) is 10.5. The predicted molar refractivity (Wildman–Crippen MR) is 105 cm³/mol. The maximum Gasteiger partial charge on any atom is 0.270 e. The van der Waals surface area contributed by atoms with E-state index in [1.807, 2.05) is 30.3 Å². The second-order valence-corrected chi connectivity index (χ2v) is 6.51. The van der Waals surface area contributed by atoms with E-state index in [0.29, 0.717) is 21.6 Å². The number of amides is 1. The molecule has 0 bridgehead atoms. The molecule has 3 aromatic rings. The number of hydrogen-bond acceptors (Lipinski definition) is 3. The first-order chi connectivity index (χ1) is 13.0. The molecule has 0 spiro atoms. The third-order valence-corrected chi connectivity index (χ3v) is 4.38. The molecule has 3 rings (SSSR count). The third-order valence-electron chi connectivity index (χ3n) is 4.14. The van der Waals surface area contributed by atoms with Gasteiger partial charge < -0.3 is 9.47 Å². The van der Waals surface area contributed by atoms with Crippen LogP contribution in [-0.4, -0.2) is 29.5 Å². The van der Waals surface area contributed by atoms with Crippen LogP contribution >= 0.6 is 11.6 Å². The number of halogens is 1. The molecule has 2 aromatic carbocycles. The zero-order valence-electron chi connectivity index (χ0n) is 14.8. The number of rotatable bonds is 4. The number of aromatic nitrogens is 1. The number of fused-ring (bicyclic) bond motifs is 1. The van der Waals surface area contributed by atoms with E-state index in [9.17, 15) is 9.59 Å². The molecule has 0 radical (unpaired) electrons. The first kappa shape index (κ1) is 18.5. The van der Waals surface area contributed by atoms with E-state index in [1.165, 1.54) is 4.90 Å². The fourth-order valence-electron chi connectivity index (χ4n) is 2.94. The van der Waals surface area contributed by atoms with E-state index in [1.54, 1.807) is 36.9 Å². The summed E-state index contributed by atoms with van der Waals surface area (Å²) in [7, 11) is 3.20. The Labute approximate surface area is 160 Å². The minimum Gasteiger partial charge on any atom is -0.343 e. The van der Waals surface area contributed by atoms with Gasteiger partial charge in [0.15, 0.2) is 5.43 Å². The molecule has 8 heteroatoms. The maximum atomic E-state index is 13.1. The molecule has 0 aliphatic heterocycles. The summed E-state index contributed by atoms with van der Waals surface area (Å²) >= 11 is 6.17. The van der Waals surface area contributed by atoms with E-state index in [2.05, 4.69) is 10.0 Å². The molecule has 0 unspecified atom stereocenters. The molecule has 0 saturated carbocycles. The van der Waals surface area contributed by atoms with Crippen molar-refractivity contribution >= 4 is 28.4 Å². The second kappa shape index (κ2) is 7.53. The van der Waals surface area contributed by atoms with Crippen LogP contribution in [0.4, 0.5) is 0 Å². The Balaban J connectivity index is 2.57. The standard InChI is InChI=1S/C19H16ClN5O2/c1-24(2)19(27)17-15(11-22-23-21)18(26)14-9-8-12(20)10-16(14)25(17)13-6-4-3-5-7-13/h3-10H,11H2,1-2H3. The molecule has 0 saturated heterocycles. The number of hydrogen-bond donors (Lipinski definition) is 0. The molecule has 0 aliphatic rings. The van der Waals surface area contributed by atoms with Crippen molar-refractivity contribution in [3.05, 3.63) is 85.5 Å². The lowest BCUT2D eigenvalue weighted by Crippen LogP contribution is -2.30. The first-order valence-electron chi connectivity index (χ1n) is 8.10. The Morgan fingerprint density at radius 2 is 1.93 bits per heavy atom. The monoisotopic (exact) mass is 381 g/mol. The second-order valence-electron chi connectivity index (χ2n) is 6.08. The highest BCUT2D eigenvalue weighted by Gasteiger charge is 2.24. The van der Waals surface area contributed by atoms with Crippen LogP contribution in [0.2, 0.25) is 5.02 Å². The van der Waals surface area contributed by atoms with Crippen molar-refractivity contribution in [2.45, 2.75) is 6.54 Å². The van der Waals surface area contributed by atoms with Crippen LogP contribution in [0.3, 0.4) is 0 Å². The molecule has 1 heterocycles. The van der Waals surface area contributed by atoms with Crippen molar-refractivity contribution in [3.8, 4) is 5.69 Å². The van der Waals surface area contributed by atoms with Gasteiger partial charge in [0.1, 0.15) is 5.69 Å². The fourth-order valence-corrected chi connectivity index (χ4v) is 3.10. The summed E-state index contributed by atoms with van der Waals surface area (Å²) in [6.45, 7) is -0.227. The highest BCUT2D eigenvalue weighted by atomic mass is 35.5. The minimum atomic E-state index is -0.374. The first-order valence-corrected chi connectivity index (χ1v) is 8.48. The van der Waals surface area contributed by atoms with Crippen LogP contribution in [0.1, 0.15) is 16.1 Å². The minimum absolute atomic E-state index is 0.144. The average molecular weight is 382 g/mol. The Hall–Kier alpha value is -3.28. The Bertz CT molecular complexity index is 1130. The van der Waals surface area contributed by atoms with Crippen molar-refractivity contribution in [2.24, 2.45) is 5.11 Å². The topological polar surface area (TPSA) is 91.1 Å². The van der Waals surface area contributed by atoms with E-state index >= 15 is 0 Å². The summed E-state index contributed by atoms with van der Waals surface area (Å²) in [5.41, 5.74) is 9.87. The van der Waals surface area contributed by atoms with Gasteiger partial charge in [0.05, 0.1) is 12.1 Å². The summed E-state index contributed by atoms with van der Waals surface area (Å²) in [5, 5.41) is 4.37. The zero-order chi connectivity index (χ0) is 19.6. The summed E-state index contributed by atoms with van der Waals surface area (Å²) < 4.78 is 1.69. The van der Waals surface area contributed by atoms with Crippen LogP contribution in [0.15, 0.2) is 58.4 Å². The molecule has 0 N–H and O–H groups in total. The summed E-state index contributed by atoms with van der Waals surface area (Å²) in [5.74, 6) is -0.374.